The lowest BCUT2D eigenvalue weighted by Crippen LogP contribution is -2.47. The van der Waals surface area contributed by atoms with Crippen LogP contribution in [0.2, 0.25) is 0 Å². The number of thioether (sulfide) groups is 1. The number of carbonyl (C=O) groups is 2. The van der Waals surface area contributed by atoms with E-state index in [-0.39, 0.29) is 34.9 Å². The molecule has 1 saturated carbocycles. The molecule has 2 aromatic rings. The van der Waals surface area contributed by atoms with E-state index in [0.29, 0.717) is 31.8 Å². The Morgan fingerprint density at radius 1 is 1.13 bits per heavy atom. The van der Waals surface area contributed by atoms with Crippen LogP contribution in [-0.2, 0) is 19.4 Å². The van der Waals surface area contributed by atoms with E-state index >= 15 is 0 Å². The number of piperazine rings is 1. The SMILES string of the molecule is N#CCNC(=O)[C@@H]1CCCC[C@H]1CS(=O)(=O)c1ccc(SC(C(=O)N2CCNCC2)c2ncccn2)cc1. The van der Waals surface area contributed by atoms with Gasteiger partial charge in [-0.25, -0.2) is 18.4 Å². The number of nitrogens with one attached hydrogen (secondary N) is 2. The molecule has 1 aromatic heterocycles. The number of hydrogen-bond donors (Lipinski definition) is 2. The van der Waals surface area contributed by atoms with Crippen LogP contribution < -0.4 is 10.6 Å². The van der Waals surface area contributed by atoms with Gasteiger partial charge in [0.15, 0.2) is 15.7 Å². The Labute approximate surface area is 227 Å². The van der Waals surface area contributed by atoms with Crippen LogP contribution in [0, 0.1) is 23.2 Å². The first kappa shape index (κ1) is 28.0. The topological polar surface area (TPSA) is 145 Å². The summed E-state index contributed by atoms with van der Waals surface area (Å²) in [5.41, 5.74) is 0. The van der Waals surface area contributed by atoms with Gasteiger partial charge in [-0.15, -0.1) is 11.8 Å². The van der Waals surface area contributed by atoms with Crippen LogP contribution in [0.1, 0.15) is 36.8 Å². The molecule has 0 radical (unpaired) electrons. The van der Waals surface area contributed by atoms with Gasteiger partial charge in [0.1, 0.15) is 11.8 Å². The van der Waals surface area contributed by atoms with Gasteiger partial charge in [0.2, 0.25) is 11.8 Å². The molecule has 1 unspecified atom stereocenters. The number of nitriles is 1. The summed E-state index contributed by atoms with van der Waals surface area (Å²) in [4.78, 5) is 37.2. The molecule has 202 valence electrons. The van der Waals surface area contributed by atoms with Crippen molar-refractivity contribution in [2.24, 2.45) is 11.8 Å². The summed E-state index contributed by atoms with van der Waals surface area (Å²) < 4.78 is 26.5. The third-order valence-corrected chi connectivity index (χ3v) is 9.98. The molecule has 0 bridgehead atoms. The summed E-state index contributed by atoms with van der Waals surface area (Å²) >= 11 is 1.30. The quantitative estimate of drug-likeness (QED) is 0.350. The van der Waals surface area contributed by atoms with E-state index in [0.717, 1.165) is 30.8 Å². The van der Waals surface area contributed by atoms with Crippen LogP contribution in [0.25, 0.3) is 0 Å². The zero-order valence-corrected chi connectivity index (χ0v) is 22.7. The molecular weight excluding hydrogens is 524 g/mol. The fourth-order valence-electron chi connectivity index (χ4n) is 4.96. The number of aromatic nitrogens is 2. The molecule has 1 aliphatic carbocycles. The zero-order chi connectivity index (χ0) is 27.0. The lowest BCUT2D eigenvalue weighted by atomic mass is 9.80. The van der Waals surface area contributed by atoms with E-state index in [1.807, 2.05) is 6.07 Å². The second-order valence-corrected chi connectivity index (χ2v) is 12.7. The summed E-state index contributed by atoms with van der Waals surface area (Å²) in [7, 11) is -3.64. The van der Waals surface area contributed by atoms with Crippen LogP contribution in [-0.4, -0.2) is 73.6 Å². The summed E-state index contributed by atoms with van der Waals surface area (Å²) in [6, 6.07) is 10.1. The van der Waals surface area contributed by atoms with Crippen LogP contribution in [0.3, 0.4) is 0 Å². The molecule has 2 fully saturated rings. The fourth-order valence-corrected chi connectivity index (χ4v) is 7.71. The van der Waals surface area contributed by atoms with Crippen LogP contribution in [0.4, 0.5) is 0 Å². The summed E-state index contributed by atoms with van der Waals surface area (Å²) in [6.45, 7) is 2.59. The van der Waals surface area contributed by atoms with Crippen molar-refractivity contribution in [3.63, 3.8) is 0 Å². The van der Waals surface area contributed by atoms with Gasteiger partial charge >= 0.3 is 0 Å². The Morgan fingerprint density at radius 2 is 1.82 bits per heavy atom. The van der Waals surface area contributed by atoms with E-state index in [1.165, 1.54) is 11.8 Å². The van der Waals surface area contributed by atoms with Gasteiger partial charge in [-0.1, -0.05) is 12.8 Å². The Balaban J connectivity index is 1.47. The molecule has 4 rings (SSSR count). The Kier molecular flexibility index (Phi) is 9.71. The highest BCUT2D eigenvalue weighted by atomic mass is 32.2. The van der Waals surface area contributed by atoms with Gasteiger partial charge < -0.3 is 15.5 Å². The van der Waals surface area contributed by atoms with Gasteiger partial charge in [-0.05, 0) is 49.1 Å². The minimum absolute atomic E-state index is 0.0718. The van der Waals surface area contributed by atoms with Crippen LogP contribution in [0.15, 0.2) is 52.5 Å². The molecular formula is C26H32N6O4S2. The number of rotatable bonds is 9. The number of carbonyl (C=O) groups excluding carboxylic acids is 2. The summed E-state index contributed by atoms with van der Waals surface area (Å²) in [5.74, 6) is -0.733. The van der Waals surface area contributed by atoms with E-state index in [4.69, 9.17) is 5.26 Å². The molecule has 1 aliphatic heterocycles. The average molecular weight is 557 g/mol. The largest absolute Gasteiger partial charge is 0.343 e. The van der Waals surface area contributed by atoms with E-state index < -0.39 is 21.0 Å². The van der Waals surface area contributed by atoms with Crippen molar-refractivity contribution >= 4 is 33.4 Å². The number of nitrogens with zero attached hydrogens (tertiary/aromatic N) is 4. The molecule has 1 saturated heterocycles. The first-order chi connectivity index (χ1) is 18.4. The average Bonchev–Trinajstić information content (AvgIpc) is 2.95. The maximum Gasteiger partial charge on any atom is 0.243 e. The highest BCUT2D eigenvalue weighted by Crippen LogP contribution is 2.37. The molecule has 2 N–H and O–H groups in total. The molecule has 3 atom stereocenters. The third-order valence-electron chi connectivity index (χ3n) is 6.93. The van der Waals surface area contributed by atoms with E-state index in [1.54, 1.807) is 47.6 Å². The molecule has 2 amide bonds. The minimum Gasteiger partial charge on any atom is -0.343 e. The Hall–Kier alpha value is -3.01. The predicted molar refractivity (Wildman–Crippen MR) is 143 cm³/mol. The van der Waals surface area contributed by atoms with E-state index in [9.17, 15) is 18.0 Å². The normalized spacial score (nSPS) is 20.8. The summed E-state index contributed by atoms with van der Waals surface area (Å²) in [6.07, 6.45) is 6.24. The first-order valence-electron chi connectivity index (χ1n) is 12.8. The fraction of sp³-hybridized carbons (Fsp3) is 0.500. The minimum atomic E-state index is -3.64. The Morgan fingerprint density at radius 3 is 2.50 bits per heavy atom. The Bertz CT molecular complexity index is 1240. The van der Waals surface area contributed by atoms with E-state index in [2.05, 4.69) is 20.6 Å². The van der Waals surface area contributed by atoms with Crippen molar-refractivity contribution in [3.05, 3.63) is 48.5 Å². The van der Waals surface area contributed by atoms with Crippen molar-refractivity contribution in [1.29, 1.82) is 5.26 Å². The highest BCUT2D eigenvalue weighted by molar-refractivity contribution is 8.00. The standard InChI is InChI=1S/C26H32N6O4S2/c27-10-13-31-25(33)22-5-2-1-4-19(22)18-38(35,36)21-8-6-20(7-9-21)37-23(24-29-11-3-12-30-24)26(34)32-16-14-28-15-17-32/h3,6-9,11-12,19,22-23,28H,1-2,4-5,13-18H2,(H,31,33)/t19-,22+,23?/m0/s1. The monoisotopic (exact) mass is 556 g/mol. The molecule has 10 nitrogen and oxygen atoms in total. The molecule has 0 spiro atoms. The number of sulfone groups is 1. The molecule has 2 heterocycles. The van der Waals surface area contributed by atoms with Gasteiger partial charge in [-0.3, -0.25) is 9.59 Å². The predicted octanol–water partition coefficient (Wildman–Crippen LogP) is 1.96. The molecule has 1 aromatic carbocycles. The zero-order valence-electron chi connectivity index (χ0n) is 21.1. The van der Waals surface area contributed by atoms with Crippen molar-refractivity contribution in [1.82, 2.24) is 25.5 Å². The molecule has 38 heavy (non-hydrogen) atoms. The van der Waals surface area contributed by atoms with Gasteiger partial charge in [-0.2, -0.15) is 5.26 Å². The van der Waals surface area contributed by atoms with Gasteiger partial charge in [0, 0.05) is 49.4 Å². The number of amides is 2. The van der Waals surface area contributed by atoms with Crippen LogP contribution in [0.5, 0.6) is 0 Å². The number of benzene rings is 1. The van der Waals surface area contributed by atoms with Crippen LogP contribution >= 0.6 is 11.8 Å². The van der Waals surface area contributed by atoms with Gasteiger partial charge in [0.05, 0.1) is 16.7 Å². The third kappa shape index (κ3) is 7.09. The van der Waals surface area contributed by atoms with Crippen molar-refractivity contribution in [2.75, 3.05) is 38.5 Å². The number of hydrogen-bond acceptors (Lipinski definition) is 9. The smallest absolute Gasteiger partial charge is 0.243 e. The maximum absolute atomic E-state index is 13.4. The lowest BCUT2D eigenvalue weighted by Gasteiger charge is -2.30. The van der Waals surface area contributed by atoms with Gasteiger partial charge in [0.25, 0.3) is 0 Å². The molecule has 12 heteroatoms. The second kappa shape index (κ2) is 13.2. The lowest BCUT2D eigenvalue weighted by molar-refractivity contribution is -0.131. The summed E-state index contributed by atoms with van der Waals surface area (Å²) in [5, 5.41) is 13.9. The highest BCUT2D eigenvalue weighted by Gasteiger charge is 2.35. The molecule has 2 aliphatic rings. The van der Waals surface area contributed by atoms with Crippen molar-refractivity contribution in [3.8, 4) is 6.07 Å². The van der Waals surface area contributed by atoms with Crippen molar-refractivity contribution in [2.45, 2.75) is 40.7 Å². The maximum atomic E-state index is 13.4. The first-order valence-corrected chi connectivity index (χ1v) is 15.3. The van der Waals surface area contributed by atoms with Crippen molar-refractivity contribution < 1.29 is 18.0 Å². The second-order valence-electron chi connectivity index (χ2n) is 9.46.